The van der Waals surface area contributed by atoms with Crippen LogP contribution in [0.1, 0.15) is 11.1 Å². The summed E-state index contributed by atoms with van der Waals surface area (Å²) in [5.74, 6) is 0.236. The number of rotatable bonds is 3. The van der Waals surface area contributed by atoms with E-state index in [0.29, 0.717) is 0 Å². The lowest BCUT2D eigenvalue weighted by atomic mass is 10.1. The van der Waals surface area contributed by atoms with E-state index in [0.717, 1.165) is 16.7 Å². The summed E-state index contributed by atoms with van der Waals surface area (Å²) in [5.41, 5.74) is 2.60. The maximum absolute atomic E-state index is 9.95. The molecule has 0 aliphatic heterocycles. The van der Waals surface area contributed by atoms with Crippen molar-refractivity contribution in [2.75, 3.05) is 0 Å². The maximum Gasteiger partial charge on any atom is 0.123 e. The first-order valence-electron chi connectivity index (χ1n) is 5.48. The normalized spacial score (nSPS) is 11.2. The van der Waals surface area contributed by atoms with Crippen LogP contribution in [0.3, 0.4) is 0 Å². The number of allylic oxidation sites excluding steroid dienone is 2. The molecule has 0 aliphatic carbocycles. The highest BCUT2D eigenvalue weighted by Crippen LogP contribution is 2.18. The first-order chi connectivity index (χ1) is 8.27. The molecule has 1 N–H and O–H groups in total. The SMILES string of the molecule is C=C(/C=C(\O)c1ccccc1)c1ccccc1. The third-order valence-corrected chi connectivity index (χ3v) is 2.53. The second-order valence-electron chi connectivity index (χ2n) is 3.79. The van der Waals surface area contributed by atoms with Crippen LogP contribution in [0.5, 0.6) is 0 Å². The van der Waals surface area contributed by atoms with Crippen LogP contribution in [-0.4, -0.2) is 5.11 Å². The summed E-state index contributed by atoms with van der Waals surface area (Å²) < 4.78 is 0. The predicted molar refractivity (Wildman–Crippen MR) is 72.5 cm³/mol. The summed E-state index contributed by atoms with van der Waals surface area (Å²) in [4.78, 5) is 0. The average molecular weight is 222 g/mol. The minimum Gasteiger partial charge on any atom is -0.507 e. The Labute approximate surface area is 101 Å². The van der Waals surface area contributed by atoms with Crippen LogP contribution in [0.25, 0.3) is 11.3 Å². The van der Waals surface area contributed by atoms with Crippen molar-refractivity contribution in [3.8, 4) is 0 Å². The molecule has 0 amide bonds. The Morgan fingerprint density at radius 2 is 1.29 bits per heavy atom. The van der Waals surface area contributed by atoms with Gasteiger partial charge in [0.05, 0.1) is 0 Å². The molecule has 0 heterocycles. The van der Waals surface area contributed by atoms with Gasteiger partial charge < -0.3 is 5.11 Å². The van der Waals surface area contributed by atoms with Crippen LogP contribution in [0, 0.1) is 0 Å². The van der Waals surface area contributed by atoms with Gasteiger partial charge >= 0.3 is 0 Å². The average Bonchev–Trinajstić information content (AvgIpc) is 2.40. The molecule has 0 radical (unpaired) electrons. The van der Waals surface area contributed by atoms with Crippen molar-refractivity contribution in [3.63, 3.8) is 0 Å². The van der Waals surface area contributed by atoms with Gasteiger partial charge in [0.15, 0.2) is 0 Å². The van der Waals surface area contributed by atoms with Gasteiger partial charge in [0.25, 0.3) is 0 Å². The van der Waals surface area contributed by atoms with Gasteiger partial charge in [0.1, 0.15) is 5.76 Å². The van der Waals surface area contributed by atoms with E-state index >= 15 is 0 Å². The molecule has 0 fully saturated rings. The second-order valence-corrected chi connectivity index (χ2v) is 3.79. The van der Waals surface area contributed by atoms with Crippen molar-refractivity contribution in [3.05, 3.63) is 84.4 Å². The van der Waals surface area contributed by atoms with Gasteiger partial charge in [-0.3, -0.25) is 0 Å². The summed E-state index contributed by atoms with van der Waals surface area (Å²) in [6.07, 6.45) is 1.69. The van der Waals surface area contributed by atoms with E-state index in [1.54, 1.807) is 6.08 Å². The van der Waals surface area contributed by atoms with Crippen LogP contribution in [0.2, 0.25) is 0 Å². The molecule has 2 rings (SSSR count). The van der Waals surface area contributed by atoms with Crippen molar-refractivity contribution in [1.29, 1.82) is 0 Å². The molecular weight excluding hydrogens is 208 g/mol. The van der Waals surface area contributed by atoms with E-state index in [2.05, 4.69) is 6.58 Å². The van der Waals surface area contributed by atoms with Gasteiger partial charge in [-0.15, -0.1) is 0 Å². The van der Waals surface area contributed by atoms with Crippen LogP contribution < -0.4 is 0 Å². The quantitative estimate of drug-likeness (QED) is 0.606. The molecule has 1 heteroatoms. The third kappa shape index (κ3) is 2.85. The highest BCUT2D eigenvalue weighted by atomic mass is 16.3. The molecule has 17 heavy (non-hydrogen) atoms. The second kappa shape index (κ2) is 5.17. The van der Waals surface area contributed by atoms with Crippen molar-refractivity contribution >= 4 is 11.3 Å². The molecule has 0 saturated heterocycles. The highest BCUT2D eigenvalue weighted by Gasteiger charge is 2.00. The minimum atomic E-state index is 0.236. The van der Waals surface area contributed by atoms with Gasteiger partial charge in [-0.2, -0.15) is 0 Å². The summed E-state index contributed by atoms with van der Waals surface area (Å²) in [5, 5.41) is 9.95. The minimum absolute atomic E-state index is 0.236. The first-order valence-corrected chi connectivity index (χ1v) is 5.48. The van der Waals surface area contributed by atoms with Crippen molar-refractivity contribution < 1.29 is 5.11 Å². The zero-order valence-corrected chi connectivity index (χ0v) is 9.51. The van der Waals surface area contributed by atoms with Crippen LogP contribution in [-0.2, 0) is 0 Å². The van der Waals surface area contributed by atoms with Crippen molar-refractivity contribution in [2.24, 2.45) is 0 Å². The lowest BCUT2D eigenvalue weighted by Crippen LogP contribution is -1.84. The molecule has 0 bridgehead atoms. The van der Waals surface area contributed by atoms with Crippen LogP contribution in [0.15, 0.2) is 73.3 Å². The number of aliphatic hydroxyl groups excluding tert-OH is 1. The van der Waals surface area contributed by atoms with E-state index in [1.807, 2.05) is 60.7 Å². The maximum atomic E-state index is 9.95. The molecular formula is C16H14O. The van der Waals surface area contributed by atoms with Crippen molar-refractivity contribution in [2.45, 2.75) is 0 Å². The van der Waals surface area contributed by atoms with E-state index < -0.39 is 0 Å². The monoisotopic (exact) mass is 222 g/mol. The van der Waals surface area contributed by atoms with Gasteiger partial charge in [0.2, 0.25) is 0 Å². The predicted octanol–water partition coefficient (Wildman–Crippen LogP) is 4.30. The zero-order chi connectivity index (χ0) is 12.1. The Kier molecular flexibility index (Phi) is 3.41. The molecule has 2 aromatic carbocycles. The highest BCUT2D eigenvalue weighted by molar-refractivity contribution is 5.79. The Bertz CT molecular complexity index is 524. The third-order valence-electron chi connectivity index (χ3n) is 2.53. The van der Waals surface area contributed by atoms with Gasteiger partial charge in [-0.25, -0.2) is 0 Å². The zero-order valence-electron chi connectivity index (χ0n) is 9.51. The van der Waals surface area contributed by atoms with Crippen LogP contribution >= 0.6 is 0 Å². The molecule has 84 valence electrons. The fourth-order valence-corrected chi connectivity index (χ4v) is 1.59. The molecule has 0 aliphatic rings. The largest absolute Gasteiger partial charge is 0.507 e. The van der Waals surface area contributed by atoms with E-state index in [4.69, 9.17) is 0 Å². The lowest BCUT2D eigenvalue weighted by Gasteiger charge is -2.03. The molecule has 1 nitrogen and oxygen atoms in total. The van der Waals surface area contributed by atoms with Crippen molar-refractivity contribution in [1.82, 2.24) is 0 Å². The van der Waals surface area contributed by atoms with Gasteiger partial charge in [-0.05, 0) is 17.2 Å². The number of hydrogen-bond acceptors (Lipinski definition) is 1. The molecule has 0 aromatic heterocycles. The van der Waals surface area contributed by atoms with Gasteiger partial charge in [0, 0.05) is 5.56 Å². The Morgan fingerprint density at radius 1 is 0.824 bits per heavy atom. The van der Waals surface area contributed by atoms with E-state index in [-0.39, 0.29) is 5.76 Å². The van der Waals surface area contributed by atoms with E-state index in [1.165, 1.54) is 0 Å². The number of hydrogen-bond donors (Lipinski definition) is 1. The standard InChI is InChI=1S/C16H14O/c1-13(14-8-4-2-5-9-14)12-16(17)15-10-6-3-7-11-15/h2-12,17H,1H2/b16-12-. The Morgan fingerprint density at radius 3 is 1.82 bits per heavy atom. The fraction of sp³-hybridized carbons (Fsp3) is 0. The lowest BCUT2D eigenvalue weighted by molar-refractivity contribution is 0.512. The summed E-state index contributed by atoms with van der Waals surface area (Å²) >= 11 is 0. The summed E-state index contributed by atoms with van der Waals surface area (Å²) in [7, 11) is 0. The Hall–Kier alpha value is -2.28. The molecule has 0 unspecified atom stereocenters. The Balaban J connectivity index is 2.24. The van der Waals surface area contributed by atoms with Gasteiger partial charge in [-0.1, -0.05) is 67.2 Å². The summed E-state index contributed by atoms with van der Waals surface area (Å²) in [6.45, 7) is 3.95. The molecule has 0 saturated carbocycles. The number of aliphatic hydroxyl groups is 1. The topological polar surface area (TPSA) is 20.2 Å². The molecule has 0 atom stereocenters. The molecule has 2 aromatic rings. The summed E-state index contributed by atoms with van der Waals surface area (Å²) in [6, 6.07) is 19.2. The van der Waals surface area contributed by atoms with Crippen LogP contribution in [0.4, 0.5) is 0 Å². The smallest absolute Gasteiger partial charge is 0.123 e. The number of benzene rings is 2. The molecule has 0 spiro atoms. The van der Waals surface area contributed by atoms with E-state index in [9.17, 15) is 5.11 Å². The first kappa shape index (κ1) is 11.2. The fourth-order valence-electron chi connectivity index (χ4n) is 1.59.